The van der Waals surface area contributed by atoms with E-state index in [-0.39, 0.29) is 5.91 Å². The van der Waals surface area contributed by atoms with Gasteiger partial charge in [-0.05, 0) is 6.42 Å². The van der Waals surface area contributed by atoms with Gasteiger partial charge < -0.3 is 15.5 Å². The molecule has 2 N–H and O–H groups in total. The highest BCUT2D eigenvalue weighted by molar-refractivity contribution is 7.09. The van der Waals surface area contributed by atoms with E-state index in [1.807, 2.05) is 4.90 Å². The Hall–Kier alpha value is -1.21. The average Bonchev–Trinajstić information content (AvgIpc) is 2.85. The molecule has 0 atom stereocenters. The number of hydrogen-bond acceptors (Lipinski definition) is 6. The third-order valence-corrected chi connectivity index (χ3v) is 3.51. The summed E-state index contributed by atoms with van der Waals surface area (Å²) in [5.74, 6) is 0.989. The van der Waals surface area contributed by atoms with E-state index in [4.69, 9.17) is 0 Å². The van der Waals surface area contributed by atoms with E-state index in [2.05, 4.69) is 26.9 Å². The van der Waals surface area contributed by atoms with E-state index in [0.717, 1.165) is 50.0 Å². The van der Waals surface area contributed by atoms with Gasteiger partial charge in [0.25, 0.3) is 0 Å². The lowest BCUT2D eigenvalue weighted by Gasteiger charge is -2.27. The van der Waals surface area contributed by atoms with Crippen molar-refractivity contribution in [1.82, 2.24) is 19.6 Å². The number of anilines is 1. The number of hydrogen-bond donors (Lipinski definition) is 2. The first kappa shape index (κ1) is 13.2. The molecule has 0 saturated carbocycles. The van der Waals surface area contributed by atoms with Crippen molar-refractivity contribution in [3.8, 4) is 0 Å². The van der Waals surface area contributed by atoms with Crippen molar-refractivity contribution in [3.05, 3.63) is 5.82 Å². The maximum atomic E-state index is 11.9. The summed E-state index contributed by atoms with van der Waals surface area (Å²) in [5.41, 5.74) is 0. The molecule has 2 heterocycles. The van der Waals surface area contributed by atoms with Crippen LogP contribution in [0.25, 0.3) is 0 Å². The highest BCUT2D eigenvalue weighted by Gasteiger charge is 2.16. The van der Waals surface area contributed by atoms with Gasteiger partial charge in [-0.1, -0.05) is 6.92 Å². The molecule has 1 aliphatic heterocycles. The summed E-state index contributed by atoms with van der Waals surface area (Å²) in [6.45, 7) is 5.74. The fourth-order valence-corrected chi connectivity index (χ4v) is 2.44. The predicted octanol–water partition coefficient (Wildman–Crippen LogP) is 0.334. The summed E-state index contributed by atoms with van der Waals surface area (Å²) in [6.07, 6.45) is 1.93. The van der Waals surface area contributed by atoms with Gasteiger partial charge in [-0.25, -0.2) is 4.98 Å². The minimum Gasteiger partial charge on any atom is -0.351 e. The summed E-state index contributed by atoms with van der Waals surface area (Å²) >= 11 is 1.32. The Kier molecular flexibility index (Phi) is 4.89. The molecule has 0 unspecified atom stereocenters. The summed E-state index contributed by atoms with van der Waals surface area (Å²) < 4.78 is 4.23. The highest BCUT2D eigenvalue weighted by atomic mass is 32.1. The monoisotopic (exact) mass is 269 g/mol. The molecular weight excluding hydrogens is 250 g/mol. The zero-order valence-electron chi connectivity index (χ0n) is 10.6. The molecule has 1 saturated heterocycles. The number of carbonyl (C=O) groups excluding carboxylic acids is 1. The van der Waals surface area contributed by atoms with Gasteiger partial charge in [0.05, 0.1) is 6.54 Å². The van der Waals surface area contributed by atoms with E-state index in [1.54, 1.807) is 0 Å². The Morgan fingerprint density at radius 1 is 1.50 bits per heavy atom. The SMILES string of the molecule is CCCc1nsc(NCC(=O)N2CCNCC2)n1. The van der Waals surface area contributed by atoms with Gasteiger partial charge in [0.15, 0.2) is 0 Å². The third-order valence-electron chi connectivity index (χ3n) is 2.80. The minimum atomic E-state index is 0.128. The fourth-order valence-electron chi connectivity index (χ4n) is 1.83. The minimum absolute atomic E-state index is 0.128. The van der Waals surface area contributed by atoms with Crippen molar-refractivity contribution < 1.29 is 4.79 Å². The molecule has 100 valence electrons. The molecule has 1 aromatic rings. The van der Waals surface area contributed by atoms with Gasteiger partial charge in [-0.3, -0.25) is 4.79 Å². The first-order valence-corrected chi connectivity index (χ1v) is 7.12. The molecule has 7 heteroatoms. The lowest BCUT2D eigenvalue weighted by Crippen LogP contribution is -2.48. The topological polar surface area (TPSA) is 70.2 Å². The van der Waals surface area contributed by atoms with Crippen LogP contribution >= 0.6 is 11.5 Å². The number of nitrogens with zero attached hydrogens (tertiary/aromatic N) is 3. The van der Waals surface area contributed by atoms with Crippen LogP contribution in [0.4, 0.5) is 5.13 Å². The van der Waals surface area contributed by atoms with Crippen LogP contribution in [0.5, 0.6) is 0 Å². The molecule has 1 aliphatic rings. The second-order valence-corrected chi connectivity index (χ2v) is 5.00. The number of aromatic nitrogens is 2. The van der Waals surface area contributed by atoms with Gasteiger partial charge in [0.2, 0.25) is 11.0 Å². The highest BCUT2D eigenvalue weighted by Crippen LogP contribution is 2.11. The van der Waals surface area contributed by atoms with Crippen molar-refractivity contribution in [2.24, 2.45) is 0 Å². The molecule has 1 aromatic heterocycles. The quantitative estimate of drug-likeness (QED) is 0.806. The zero-order chi connectivity index (χ0) is 12.8. The Labute approximate surface area is 111 Å². The summed E-state index contributed by atoms with van der Waals surface area (Å²) in [4.78, 5) is 18.1. The molecule has 0 aromatic carbocycles. The van der Waals surface area contributed by atoms with Crippen LogP contribution in [-0.4, -0.2) is 52.9 Å². The van der Waals surface area contributed by atoms with E-state index < -0.39 is 0 Å². The molecule has 6 nitrogen and oxygen atoms in total. The van der Waals surface area contributed by atoms with E-state index in [1.165, 1.54) is 11.5 Å². The maximum Gasteiger partial charge on any atom is 0.242 e. The lowest BCUT2D eigenvalue weighted by molar-refractivity contribution is -0.129. The molecule has 0 radical (unpaired) electrons. The molecule has 0 bridgehead atoms. The maximum absolute atomic E-state index is 11.9. The van der Waals surface area contributed by atoms with E-state index in [9.17, 15) is 4.79 Å². The second kappa shape index (κ2) is 6.65. The van der Waals surface area contributed by atoms with Crippen molar-refractivity contribution in [1.29, 1.82) is 0 Å². The van der Waals surface area contributed by atoms with Crippen LogP contribution < -0.4 is 10.6 Å². The smallest absolute Gasteiger partial charge is 0.242 e. The fraction of sp³-hybridized carbons (Fsp3) is 0.727. The van der Waals surface area contributed by atoms with Crippen LogP contribution in [0, 0.1) is 0 Å². The van der Waals surface area contributed by atoms with Gasteiger partial charge in [-0.15, -0.1) is 0 Å². The number of aryl methyl sites for hydroxylation is 1. The van der Waals surface area contributed by atoms with Crippen LogP contribution in [0.2, 0.25) is 0 Å². The van der Waals surface area contributed by atoms with Crippen LogP contribution in [-0.2, 0) is 11.2 Å². The summed E-state index contributed by atoms with van der Waals surface area (Å²) in [7, 11) is 0. The van der Waals surface area contributed by atoms with Crippen molar-refractivity contribution in [2.45, 2.75) is 19.8 Å². The van der Waals surface area contributed by atoms with Gasteiger partial charge in [0.1, 0.15) is 5.82 Å². The first-order valence-electron chi connectivity index (χ1n) is 6.34. The predicted molar refractivity (Wildman–Crippen MR) is 71.8 cm³/mol. The molecule has 1 fully saturated rings. The van der Waals surface area contributed by atoms with Crippen molar-refractivity contribution in [2.75, 3.05) is 38.0 Å². The number of piperazine rings is 1. The number of rotatable bonds is 5. The largest absolute Gasteiger partial charge is 0.351 e. The Bertz CT molecular complexity index is 389. The third kappa shape index (κ3) is 3.64. The van der Waals surface area contributed by atoms with Crippen molar-refractivity contribution >= 4 is 22.6 Å². The second-order valence-electron chi connectivity index (χ2n) is 4.25. The van der Waals surface area contributed by atoms with Crippen LogP contribution in [0.1, 0.15) is 19.2 Å². The number of carbonyl (C=O) groups is 1. The van der Waals surface area contributed by atoms with Crippen LogP contribution in [0.3, 0.4) is 0 Å². The molecule has 18 heavy (non-hydrogen) atoms. The summed E-state index contributed by atoms with van der Waals surface area (Å²) in [5, 5.41) is 7.02. The average molecular weight is 269 g/mol. The molecule has 2 rings (SSSR count). The Morgan fingerprint density at radius 2 is 2.28 bits per heavy atom. The number of nitrogens with one attached hydrogen (secondary N) is 2. The van der Waals surface area contributed by atoms with Crippen molar-refractivity contribution in [3.63, 3.8) is 0 Å². The lowest BCUT2D eigenvalue weighted by atomic mass is 10.3. The van der Waals surface area contributed by atoms with Crippen LogP contribution in [0.15, 0.2) is 0 Å². The number of amides is 1. The Balaban J connectivity index is 1.77. The van der Waals surface area contributed by atoms with E-state index >= 15 is 0 Å². The summed E-state index contributed by atoms with van der Waals surface area (Å²) in [6, 6.07) is 0. The van der Waals surface area contributed by atoms with Gasteiger partial charge >= 0.3 is 0 Å². The molecular formula is C11H19N5OS. The van der Waals surface area contributed by atoms with E-state index in [0.29, 0.717) is 6.54 Å². The molecule has 0 aliphatic carbocycles. The Morgan fingerprint density at radius 3 is 3.00 bits per heavy atom. The first-order chi connectivity index (χ1) is 8.79. The molecule has 0 spiro atoms. The van der Waals surface area contributed by atoms with Gasteiger partial charge in [-0.2, -0.15) is 4.37 Å². The normalized spacial score (nSPS) is 15.7. The zero-order valence-corrected chi connectivity index (χ0v) is 11.4. The standard InChI is InChI=1S/C11H19N5OS/c1-2-3-9-14-11(18-15-9)13-8-10(17)16-6-4-12-5-7-16/h12H,2-8H2,1H3,(H,13,14,15). The van der Waals surface area contributed by atoms with Gasteiger partial charge in [0, 0.05) is 44.1 Å². The molecule has 1 amide bonds.